The van der Waals surface area contributed by atoms with Crippen LogP contribution >= 0.6 is 0 Å². The summed E-state index contributed by atoms with van der Waals surface area (Å²) in [5, 5.41) is 0. The largest absolute Gasteiger partial charge is 0.216 e. The lowest BCUT2D eigenvalue weighted by molar-refractivity contribution is 0.601. The minimum atomic E-state index is -2.33. The predicted molar refractivity (Wildman–Crippen MR) is 26.5 cm³/mol. The molecule has 0 amide bonds. The van der Waals surface area contributed by atoms with E-state index in [1.165, 1.54) is 0 Å². The smallest absolute Gasteiger partial charge is 0.201 e. The summed E-state index contributed by atoms with van der Waals surface area (Å²) in [5.41, 5.74) is 0. The molecule has 0 spiro atoms. The Kier molecular flexibility index (Phi) is 1.30. The van der Waals surface area contributed by atoms with Crippen LogP contribution < -0.4 is 4.72 Å². The highest BCUT2D eigenvalue weighted by Crippen LogP contribution is 2.17. The van der Waals surface area contributed by atoms with E-state index in [9.17, 15) is 8.42 Å². The van der Waals surface area contributed by atoms with E-state index in [0.29, 0.717) is 0 Å². The van der Waals surface area contributed by atoms with Gasteiger partial charge in [0.25, 0.3) is 0 Å². The van der Waals surface area contributed by atoms with Gasteiger partial charge in [-0.15, -0.1) is 0 Å². The molecule has 42 valence electrons. The van der Waals surface area contributed by atoms with Crippen molar-refractivity contribution in [2.75, 3.05) is 0 Å². The van der Waals surface area contributed by atoms with E-state index in [1.807, 2.05) is 0 Å². The summed E-state index contributed by atoms with van der Waals surface area (Å²) in [6.45, 7) is 0. The molecule has 0 aromatic heterocycles. The summed E-state index contributed by atoms with van der Waals surface area (Å²) < 4.78 is 21.9. The average Bonchev–Trinajstić information content (AvgIpc) is 2.17. The van der Waals surface area contributed by atoms with Gasteiger partial charge in [-0.1, -0.05) is 0 Å². The van der Waals surface area contributed by atoms with Crippen molar-refractivity contribution in [3.05, 3.63) is 0 Å². The molecule has 0 aromatic rings. The first-order valence-electron chi connectivity index (χ1n) is 2.19. The van der Waals surface area contributed by atoms with Gasteiger partial charge in [0.15, 0.2) is 0 Å². The van der Waals surface area contributed by atoms with Crippen molar-refractivity contribution in [2.45, 2.75) is 18.9 Å². The second-order valence-electron chi connectivity index (χ2n) is 1.66. The molecule has 7 heavy (non-hydrogen) atoms. The van der Waals surface area contributed by atoms with E-state index in [2.05, 4.69) is 4.72 Å². The van der Waals surface area contributed by atoms with Gasteiger partial charge >= 0.3 is 0 Å². The molecule has 0 atom stereocenters. The molecule has 0 radical (unpaired) electrons. The van der Waals surface area contributed by atoms with E-state index in [4.69, 9.17) is 0 Å². The molecule has 0 aromatic carbocycles. The van der Waals surface area contributed by atoms with Crippen molar-refractivity contribution in [1.29, 1.82) is 0 Å². The molecule has 4 heteroatoms. The van der Waals surface area contributed by atoms with Crippen molar-refractivity contribution < 1.29 is 8.42 Å². The third-order valence-electron chi connectivity index (χ3n) is 0.865. The lowest BCUT2D eigenvalue weighted by Gasteiger charge is -1.82. The number of rotatable bonds is 2. The molecule has 1 N–H and O–H groups in total. The number of thiol groups is 1. The third-order valence-corrected chi connectivity index (χ3v) is 1.44. The van der Waals surface area contributed by atoms with Crippen molar-refractivity contribution in [1.82, 2.24) is 4.72 Å². The number of nitrogens with one attached hydrogen (secondary N) is 1. The fourth-order valence-electron chi connectivity index (χ4n) is 0.362. The van der Waals surface area contributed by atoms with Gasteiger partial charge in [-0.05, 0) is 12.8 Å². The second-order valence-corrected chi connectivity index (χ2v) is 2.43. The summed E-state index contributed by atoms with van der Waals surface area (Å²) in [7, 11) is -2.33. The second kappa shape index (κ2) is 1.79. The Balaban J connectivity index is 2.21. The summed E-state index contributed by atoms with van der Waals surface area (Å²) >= 11 is 0. The van der Waals surface area contributed by atoms with E-state index >= 15 is 0 Å². The highest BCUT2D eigenvalue weighted by molar-refractivity contribution is 7.70. The van der Waals surface area contributed by atoms with Gasteiger partial charge in [0.05, 0.1) is 0 Å². The number of hydrogen-bond acceptors (Lipinski definition) is 2. The molecule has 0 unspecified atom stereocenters. The van der Waals surface area contributed by atoms with Crippen LogP contribution in [-0.2, 0) is 10.9 Å². The molecular formula is C3H7NO2S. The minimum Gasteiger partial charge on any atom is -0.216 e. The Morgan fingerprint density at radius 2 is 2.00 bits per heavy atom. The van der Waals surface area contributed by atoms with Crippen LogP contribution in [0.2, 0.25) is 0 Å². The maximum Gasteiger partial charge on any atom is 0.201 e. The molecule has 0 saturated heterocycles. The Labute approximate surface area is 43.8 Å². The van der Waals surface area contributed by atoms with Gasteiger partial charge in [-0.3, -0.25) is 0 Å². The van der Waals surface area contributed by atoms with Gasteiger partial charge < -0.3 is 0 Å². The van der Waals surface area contributed by atoms with Crippen molar-refractivity contribution in [2.24, 2.45) is 0 Å². The molecule has 3 nitrogen and oxygen atoms in total. The maximum absolute atomic E-state index is 9.78. The standard InChI is InChI=1S/C3H7NO2S/c5-7(6)4-3-1-2-3/h3,7H,1-2H2,(H,4,5,6). The van der Waals surface area contributed by atoms with Crippen LogP contribution in [0.3, 0.4) is 0 Å². The number of hydrogen-bond donors (Lipinski definition) is 2. The highest BCUT2D eigenvalue weighted by Gasteiger charge is 2.20. The van der Waals surface area contributed by atoms with Gasteiger partial charge in [0.2, 0.25) is 10.9 Å². The average molecular weight is 121 g/mol. The fourth-order valence-corrected chi connectivity index (χ4v) is 0.918. The van der Waals surface area contributed by atoms with Gasteiger partial charge in [0.1, 0.15) is 0 Å². The SMILES string of the molecule is O=[SH](=O)NC1CC1. The van der Waals surface area contributed by atoms with Gasteiger partial charge in [-0.25, -0.2) is 13.1 Å². The van der Waals surface area contributed by atoms with Crippen molar-refractivity contribution in [3.63, 3.8) is 0 Å². The predicted octanol–water partition coefficient (Wildman–Crippen LogP) is -0.735. The van der Waals surface area contributed by atoms with Crippen LogP contribution in [0.5, 0.6) is 0 Å². The molecular weight excluding hydrogens is 114 g/mol. The fraction of sp³-hybridized carbons (Fsp3) is 1.00. The first-order chi connectivity index (χ1) is 3.29. The van der Waals surface area contributed by atoms with Crippen LogP contribution in [0.1, 0.15) is 12.8 Å². The lowest BCUT2D eigenvalue weighted by Crippen LogP contribution is -2.12. The molecule has 1 rings (SSSR count). The third kappa shape index (κ3) is 1.89. The highest BCUT2D eigenvalue weighted by atomic mass is 32.2. The van der Waals surface area contributed by atoms with Crippen LogP contribution in [0, 0.1) is 0 Å². The maximum atomic E-state index is 9.78. The zero-order valence-electron chi connectivity index (χ0n) is 3.76. The first-order valence-corrected chi connectivity index (χ1v) is 3.37. The molecule has 1 saturated carbocycles. The Hall–Kier alpha value is -0.0900. The summed E-state index contributed by atoms with van der Waals surface area (Å²) in [4.78, 5) is 0. The van der Waals surface area contributed by atoms with Crippen LogP contribution in [-0.4, -0.2) is 14.5 Å². The molecule has 0 heterocycles. The van der Waals surface area contributed by atoms with E-state index in [0.717, 1.165) is 12.8 Å². The van der Waals surface area contributed by atoms with Crippen LogP contribution in [0.15, 0.2) is 0 Å². The van der Waals surface area contributed by atoms with Gasteiger partial charge in [-0.2, -0.15) is 0 Å². The first kappa shape index (κ1) is 5.05. The molecule has 1 aliphatic carbocycles. The Morgan fingerprint density at radius 3 is 2.14 bits per heavy atom. The zero-order chi connectivity index (χ0) is 5.28. The lowest BCUT2D eigenvalue weighted by atomic mass is 10.8. The molecule has 0 bridgehead atoms. The molecule has 0 aliphatic heterocycles. The zero-order valence-corrected chi connectivity index (χ0v) is 4.65. The monoisotopic (exact) mass is 121 g/mol. The van der Waals surface area contributed by atoms with Crippen molar-refractivity contribution >= 4 is 10.9 Å². The van der Waals surface area contributed by atoms with Crippen molar-refractivity contribution in [3.8, 4) is 0 Å². The van der Waals surface area contributed by atoms with E-state index in [-0.39, 0.29) is 6.04 Å². The Bertz CT molecular complexity index is 119. The van der Waals surface area contributed by atoms with Crippen LogP contribution in [0.4, 0.5) is 0 Å². The van der Waals surface area contributed by atoms with E-state index in [1.54, 1.807) is 0 Å². The minimum absolute atomic E-state index is 0.279. The summed E-state index contributed by atoms with van der Waals surface area (Å²) in [5.74, 6) is 0. The summed E-state index contributed by atoms with van der Waals surface area (Å²) in [6.07, 6.45) is 2.03. The molecule has 1 aliphatic rings. The van der Waals surface area contributed by atoms with Gasteiger partial charge in [0, 0.05) is 6.04 Å². The topological polar surface area (TPSA) is 46.2 Å². The molecule has 1 fully saturated rings. The Morgan fingerprint density at radius 1 is 1.43 bits per heavy atom. The summed E-state index contributed by atoms with van der Waals surface area (Å²) in [6, 6.07) is 0.279. The quantitative estimate of drug-likeness (QED) is 0.473. The van der Waals surface area contributed by atoms with Crippen LogP contribution in [0.25, 0.3) is 0 Å². The normalized spacial score (nSPS) is 20.7. The van der Waals surface area contributed by atoms with E-state index < -0.39 is 10.9 Å².